The zero-order valence-electron chi connectivity index (χ0n) is 16.0. The normalized spacial score (nSPS) is 11.1. The van der Waals surface area contributed by atoms with Gasteiger partial charge in [-0.05, 0) is 48.5 Å². The minimum absolute atomic E-state index is 0.0628. The maximum Gasteiger partial charge on any atom is 0.323 e. The molecule has 8 nitrogen and oxygen atoms in total. The summed E-state index contributed by atoms with van der Waals surface area (Å²) < 4.78 is 28.2. The number of fused-ring (bicyclic) bond motifs is 1. The molecule has 4 rings (SSSR count). The highest BCUT2D eigenvalue weighted by atomic mass is 32.2. The van der Waals surface area contributed by atoms with Gasteiger partial charge in [0.15, 0.2) is 0 Å². The molecule has 0 fully saturated rings. The van der Waals surface area contributed by atoms with Crippen molar-refractivity contribution in [1.29, 1.82) is 0 Å². The van der Waals surface area contributed by atoms with Gasteiger partial charge in [-0.3, -0.25) is 9.52 Å². The van der Waals surface area contributed by atoms with Crippen LogP contribution in [0.2, 0.25) is 0 Å². The number of H-pyrrole nitrogens is 2. The Hall–Kier alpha value is -4.29. The molecule has 0 aliphatic rings. The molecule has 0 radical (unpaired) electrons. The van der Waals surface area contributed by atoms with Crippen LogP contribution in [0.5, 0.6) is 0 Å². The van der Waals surface area contributed by atoms with Crippen LogP contribution in [0, 0.1) is 12.3 Å². The number of amides is 1. The van der Waals surface area contributed by atoms with E-state index in [4.69, 9.17) is 6.42 Å². The van der Waals surface area contributed by atoms with Crippen LogP contribution in [0.3, 0.4) is 0 Å². The van der Waals surface area contributed by atoms with E-state index < -0.39 is 21.6 Å². The van der Waals surface area contributed by atoms with Gasteiger partial charge in [0.1, 0.15) is 0 Å². The van der Waals surface area contributed by atoms with E-state index in [0.29, 0.717) is 22.3 Å². The van der Waals surface area contributed by atoms with Crippen molar-refractivity contribution in [2.75, 3.05) is 10.0 Å². The molecule has 0 aliphatic heterocycles. The predicted octanol–water partition coefficient (Wildman–Crippen LogP) is 2.89. The lowest BCUT2D eigenvalue weighted by Crippen LogP contribution is -2.18. The molecule has 0 aliphatic carbocycles. The molecule has 0 bridgehead atoms. The van der Waals surface area contributed by atoms with Crippen LogP contribution in [-0.2, 0) is 10.0 Å². The van der Waals surface area contributed by atoms with E-state index in [1.165, 1.54) is 30.3 Å². The molecule has 1 amide bonds. The minimum atomic E-state index is -4.03. The van der Waals surface area contributed by atoms with Gasteiger partial charge in [-0.2, -0.15) is 0 Å². The standard InChI is InChI=1S/C22H16N4O4S/c1-2-14-6-5-7-15(12-14)23-21(27)17-8-3-4-9-18(17)26-31(29,30)16-10-11-19-20(13-16)25-22(28)24-19/h1,3-13,26H,(H,23,27)(H2,24,25,28). The molecular weight excluding hydrogens is 416 g/mol. The minimum Gasteiger partial charge on any atom is -0.322 e. The van der Waals surface area contributed by atoms with Crippen molar-refractivity contribution in [2.24, 2.45) is 0 Å². The summed E-state index contributed by atoms with van der Waals surface area (Å²) in [7, 11) is -4.03. The number of carbonyl (C=O) groups excluding carboxylic acids is 1. The SMILES string of the molecule is C#Cc1cccc(NC(=O)c2ccccc2NS(=O)(=O)c2ccc3[nH]c(=O)[nH]c3c2)c1. The lowest BCUT2D eigenvalue weighted by Gasteiger charge is -2.13. The summed E-state index contributed by atoms with van der Waals surface area (Å²) in [5, 5.41) is 2.71. The van der Waals surface area contributed by atoms with Crippen molar-refractivity contribution in [3.63, 3.8) is 0 Å². The van der Waals surface area contributed by atoms with Gasteiger partial charge in [0.05, 0.1) is 27.2 Å². The second-order valence-electron chi connectivity index (χ2n) is 6.62. The van der Waals surface area contributed by atoms with Gasteiger partial charge in [-0.15, -0.1) is 6.42 Å². The zero-order valence-corrected chi connectivity index (χ0v) is 16.8. The molecule has 1 heterocycles. The van der Waals surface area contributed by atoms with Crippen molar-refractivity contribution < 1.29 is 13.2 Å². The lowest BCUT2D eigenvalue weighted by atomic mass is 10.1. The molecule has 0 saturated carbocycles. The van der Waals surface area contributed by atoms with Gasteiger partial charge >= 0.3 is 5.69 Å². The monoisotopic (exact) mass is 432 g/mol. The molecule has 0 spiro atoms. The van der Waals surface area contributed by atoms with Crippen LogP contribution >= 0.6 is 0 Å². The Morgan fingerprint density at radius 2 is 1.71 bits per heavy atom. The third-order valence-electron chi connectivity index (χ3n) is 4.50. The van der Waals surface area contributed by atoms with Crippen LogP contribution in [0.4, 0.5) is 11.4 Å². The van der Waals surface area contributed by atoms with Gasteiger partial charge in [-0.1, -0.05) is 24.1 Å². The number of carbonyl (C=O) groups is 1. The quantitative estimate of drug-likeness (QED) is 0.362. The molecule has 0 unspecified atom stereocenters. The largest absolute Gasteiger partial charge is 0.323 e. The van der Waals surface area contributed by atoms with E-state index >= 15 is 0 Å². The smallest absolute Gasteiger partial charge is 0.322 e. The molecule has 154 valence electrons. The summed E-state index contributed by atoms with van der Waals surface area (Å²) in [6, 6.07) is 17.2. The molecule has 1 aromatic heterocycles. The van der Waals surface area contributed by atoms with Gasteiger partial charge < -0.3 is 15.3 Å². The second kappa shape index (κ2) is 7.85. The Labute approximate surface area is 177 Å². The first kappa shape index (κ1) is 20.0. The number of imidazole rings is 1. The third kappa shape index (κ3) is 4.19. The first-order chi connectivity index (χ1) is 14.9. The van der Waals surface area contributed by atoms with Crippen LogP contribution in [-0.4, -0.2) is 24.3 Å². The Kier molecular flexibility index (Phi) is 5.07. The summed E-state index contributed by atoms with van der Waals surface area (Å²) in [4.78, 5) is 29.2. The first-order valence-corrected chi connectivity index (χ1v) is 10.6. The van der Waals surface area contributed by atoms with Crippen LogP contribution in [0.25, 0.3) is 11.0 Å². The fourth-order valence-electron chi connectivity index (χ4n) is 3.04. The van der Waals surface area contributed by atoms with E-state index in [9.17, 15) is 18.0 Å². The topological polar surface area (TPSA) is 124 Å². The van der Waals surface area contributed by atoms with Gasteiger partial charge in [0.25, 0.3) is 15.9 Å². The molecule has 4 N–H and O–H groups in total. The number of sulfonamides is 1. The summed E-state index contributed by atoms with van der Waals surface area (Å²) >= 11 is 0. The number of aromatic amines is 2. The van der Waals surface area contributed by atoms with Crippen molar-refractivity contribution in [1.82, 2.24) is 9.97 Å². The Bertz CT molecular complexity index is 1510. The second-order valence-corrected chi connectivity index (χ2v) is 8.30. The van der Waals surface area contributed by atoms with Crippen LogP contribution in [0.15, 0.2) is 76.4 Å². The van der Waals surface area contributed by atoms with E-state index in [-0.39, 0.29) is 16.1 Å². The summed E-state index contributed by atoms with van der Waals surface area (Å²) in [6.45, 7) is 0. The summed E-state index contributed by atoms with van der Waals surface area (Å²) in [6.07, 6.45) is 5.38. The fourth-order valence-corrected chi connectivity index (χ4v) is 4.14. The average Bonchev–Trinajstić information content (AvgIpc) is 3.13. The van der Waals surface area contributed by atoms with Crippen molar-refractivity contribution >= 4 is 38.3 Å². The Morgan fingerprint density at radius 1 is 0.935 bits per heavy atom. The summed E-state index contributed by atoms with van der Waals surface area (Å²) in [5.74, 6) is 1.99. The third-order valence-corrected chi connectivity index (χ3v) is 5.86. The van der Waals surface area contributed by atoms with E-state index in [1.807, 2.05) is 0 Å². The van der Waals surface area contributed by atoms with Gasteiger partial charge in [0, 0.05) is 11.3 Å². The van der Waals surface area contributed by atoms with Crippen LogP contribution in [0.1, 0.15) is 15.9 Å². The van der Waals surface area contributed by atoms with Gasteiger partial charge in [-0.25, -0.2) is 13.2 Å². The zero-order chi connectivity index (χ0) is 22.0. The lowest BCUT2D eigenvalue weighted by molar-refractivity contribution is 0.102. The number of aromatic nitrogens is 2. The van der Waals surface area contributed by atoms with Crippen molar-refractivity contribution in [3.05, 3.63) is 88.3 Å². The molecule has 4 aromatic rings. The fraction of sp³-hybridized carbons (Fsp3) is 0. The molecule has 31 heavy (non-hydrogen) atoms. The van der Waals surface area contributed by atoms with Crippen LogP contribution < -0.4 is 15.7 Å². The number of hydrogen-bond acceptors (Lipinski definition) is 4. The average molecular weight is 432 g/mol. The molecule has 3 aromatic carbocycles. The maximum atomic E-state index is 12.9. The number of hydrogen-bond donors (Lipinski definition) is 4. The van der Waals surface area contributed by atoms with Crippen molar-refractivity contribution in [3.8, 4) is 12.3 Å². The molecule has 0 saturated heterocycles. The highest BCUT2D eigenvalue weighted by molar-refractivity contribution is 7.92. The van der Waals surface area contributed by atoms with Gasteiger partial charge in [0.2, 0.25) is 0 Å². The number of para-hydroxylation sites is 1. The molecule has 0 atom stereocenters. The highest BCUT2D eigenvalue weighted by Gasteiger charge is 2.19. The highest BCUT2D eigenvalue weighted by Crippen LogP contribution is 2.23. The Balaban J connectivity index is 1.63. The molecular formula is C22H16N4O4S. The number of nitrogens with one attached hydrogen (secondary N) is 4. The number of terminal acetylenes is 1. The van der Waals surface area contributed by atoms with Crippen molar-refractivity contribution in [2.45, 2.75) is 4.90 Å². The summed E-state index contributed by atoms with van der Waals surface area (Å²) in [5.41, 5.74) is 1.73. The maximum absolute atomic E-state index is 12.9. The van der Waals surface area contributed by atoms with E-state index in [0.717, 1.165) is 0 Å². The number of benzene rings is 3. The van der Waals surface area contributed by atoms with E-state index in [1.54, 1.807) is 36.4 Å². The predicted molar refractivity (Wildman–Crippen MR) is 119 cm³/mol. The first-order valence-electron chi connectivity index (χ1n) is 9.08. The number of rotatable bonds is 5. The molecule has 9 heteroatoms. The number of anilines is 2. The Morgan fingerprint density at radius 3 is 2.52 bits per heavy atom. The van der Waals surface area contributed by atoms with E-state index in [2.05, 4.69) is 25.9 Å².